The lowest BCUT2D eigenvalue weighted by atomic mass is 10.1. The minimum atomic E-state index is -3.59. The lowest BCUT2D eigenvalue weighted by Crippen LogP contribution is -2.13. The summed E-state index contributed by atoms with van der Waals surface area (Å²) in [5.41, 5.74) is 8.68. The lowest BCUT2D eigenvalue weighted by Gasteiger charge is -2.13. The van der Waals surface area contributed by atoms with Gasteiger partial charge in [0.05, 0.1) is 5.69 Å². The van der Waals surface area contributed by atoms with Crippen LogP contribution in [0.2, 0.25) is 0 Å². The highest BCUT2D eigenvalue weighted by molar-refractivity contribution is 9.10. The van der Waals surface area contributed by atoms with E-state index in [1.807, 2.05) is 6.92 Å². The topological polar surface area (TPSA) is 72.2 Å². The van der Waals surface area contributed by atoms with E-state index < -0.39 is 10.0 Å². The second kappa shape index (κ2) is 5.15. The highest BCUT2D eigenvalue weighted by atomic mass is 79.9. The van der Waals surface area contributed by atoms with Crippen molar-refractivity contribution in [3.8, 4) is 0 Å². The highest BCUT2D eigenvalue weighted by Gasteiger charge is 2.20. The van der Waals surface area contributed by atoms with Gasteiger partial charge in [-0.15, -0.1) is 11.3 Å². The first-order valence-electron chi connectivity index (χ1n) is 5.44. The van der Waals surface area contributed by atoms with Gasteiger partial charge < -0.3 is 5.73 Å². The third-order valence-electron chi connectivity index (χ3n) is 2.81. The Morgan fingerprint density at radius 1 is 1.26 bits per heavy atom. The average Bonchev–Trinajstić information content (AvgIpc) is 2.77. The minimum absolute atomic E-state index is 0.256. The van der Waals surface area contributed by atoms with E-state index in [4.69, 9.17) is 5.73 Å². The molecule has 19 heavy (non-hydrogen) atoms. The Kier molecular flexibility index (Phi) is 3.89. The summed E-state index contributed by atoms with van der Waals surface area (Å²) in [6.45, 7) is 3.68. The standard InChI is InChI=1S/C12H13BrN2O2S2/c1-7-3-4-10(8(2)11(7)14)15-19(16,17)12-9(13)5-6-18-12/h3-6,15H,14H2,1-2H3. The summed E-state index contributed by atoms with van der Waals surface area (Å²) >= 11 is 4.39. The highest BCUT2D eigenvalue weighted by Crippen LogP contribution is 2.31. The number of nitrogens with two attached hydrogens (primary N) is 1. The van der Waals surface area contributed by atoms with Gasteiger partial charge in [-0.2, -0.15) is 0 Å². The number of nitrogen functional groups attached to an aromatic ring is 1. The molecular formula is C12H13BrN2O2S2. The Hall–Kier alpha value is -1.05. The van der Waals surface area contributed by atoms with E-state index in [9.17, 15) is 8.42 Å². The fourth-order valence-corrected chi connectivity index (χ4v) is 5.10. The Balaban J connectivity index is 2.42. The van der Waals surface area contributed by atoms with Crippen LogP contribution in [0.4, 0.5) is 11.4 Å². The third-order valence-corrected chi connectivity index (χ3v) is 6.84. The number of halogens is 1. The van der Waals surface area contributed by atoms with Gasteiger partial charge in [0.2, 0.25) is 0 Å². The Labute approximate surface area is 124 Å². The third kappa shape index (κ3) is 2.77. The van der Waals surface area contributed by atoms with Crippen molar-refractivity contribution in [3.05, 3.63) is 39.2 Å². The van der Waals surface area contributed by atoms with Gasteiger partial charge in [0.25, 0.3) is 10.0 Å². The van der Waals surface area contributed by atoms with Crippen molar-refractivity contribution in [2.24, 2.45) is 0 Å². The molecular weight excluding hydrogens is 348 g/mol. The number of hydrogen-bond acceptors (Lipinski definition) is 4. The van der Waals surface area contributed by atoms with Crippen LogP contribution in [-0.2, 0) is 10.0 Å². The molecule has 0 radical (unpaired) electrons. The number of rotatable bonds is 3. The number of aryl methyl sites for hydroxylation is 1. The zero-order chi connectivity index (χ0) is 14.2. The molecule has 0 saturated carbocycles. The fourth-order valence-electron chi connectivity index (χ4n) is 1.64. The molecule has 0 atom stereocenters. The van der Waals surface area contributed by atoms with Crippen LogP contribution in [-0.4, -0.2) is 8.42 Å². The van der Waals surface area contributed by atoms with E-state index in [-0.39, 0.29) is 4.21 Å². The lowest BCUT2D eigenvalue weighted by molar-refractivity contribution is 0.603. The van der Waals surface area contributed by atoms with Crippen molar-refractivity contribution in [3.63, 3.8) is 0 Å². The molecule has 3 N–H and O–H groups in total. The number of nitrogens with one attached hydrogen (secondary N) is 1. The average molecular weight is 361 g/mol. The molecule has 1 heterocycles. The van der Waals surface area contributed by atoms with Crippen LogP contribution in [0.3, 0.4) is 0 Å². The molecule has 0 aliphatic heterocycles. The zero-order valence-corrected chi connectivity index (χ0v) is 13.6. The molecule has 0 unspecified atom stereocenters. The normalized spacial score (nSPS) is 11.5. The quantitative estimate of drug-likeness (QED) is 0.822. The van der Waals surface area contributed by atoms with Gasteiger partial charge in [-0.05, 0) is 58.4 Å². The summed E-state index contributed by atoms with van der Waals surface area (Å²) < 4.78 is 27.9. The predicted molar refractivity (Wildman–Crippen MR) is 83.2 cm³/mol. The molecule has 0 aliphatic carbocycles. The monoisotopic (exact) mass is 360 g/mol. The van der Waals surface area contributed by atoms with Gasteiger partial charge in [-0.1, -0.05) is 6.07 Å². The largest absolute Gasteiger partial charge is 0.398 e. The number of hydrogen-bond donors (Lipinski definition) is 2. The maximum Gasteiger partial charge on any atom is 0.272 e. The van der Waals surface area contributed by atoms with Gasteiger partial charge in [-0.25, -0.2) is 8.42 Å². The molecule has 0 bridgehead atoms. The van der Waals surface area contributed by atoms with E-state index in [2.05, 4.69) is 20.7 Å². The predicted octanol–water partition coefficient (Wildman–Crippen LogP) is 3.51. The van der Waals surface area contributed by atoms with Crippen LogP contribution in [0.25, 0.3) is 0 Å². The van der Waals surface area contributed by atoms with Gasteiger partial charge in [-0.3, -0.25) is 4.72 Å². The van der Waals surface area contributed by atoms with Crippen molar-refractivity contribution >= 4 is 48.7 Å². The van der Waals surface area contributed by atoms with Crippen LogP contribution >= 0.6 is 27.3 Å². The zero-order valence-electron chi connectivity index (χ0n) is 10.4. The molecule has 4 nitrogen and oxygen atoms in total. The summed E-state index contributed by atoms with van der Waals surface area (Å²) in [6, 6.07) is 5.22. The molecule has 0 fully saturated rings. The van der Waals surface area contributed by atoms with Crippen molar-refractivity contribution in [2.75, 3.05) is 10.5 Å². The molecule has 7 heteroatoms. The smallest absolute Gasteiger partial charge is 0.272 e. The SMILES string of the molecule is Cc1ccc(NS(=O)(=O)c2sccc2Br)c(C)c1N. The molecule has 0 spiro atoms. The second-order valence-electron chi connectivity index (χ2n) is 4.13. The maximum absolute atomic E-state index is 12.3. The molecule has 1 aromatic heterocycles. The fraction of sp³-hybridized carbons (Fsp3) is 0.167. The van der Waals surface area contributed by atoms with Crippen LogP contribution in [0, 0.1) is 13.8 Å². The Morgan fingerprint density at radius 2 is 1.95 bits per heavy atom. The Bertz CT molecular complexity index is 723. The summed E-state index contributed by atoms with van der Waals surface area (Å²) in [6.07, 6.45) is 0. The number of thiophene rings is 1. The van der Waals surface area contributed by atoms with Gasteiger partial charge in [0.15, 0.2) is 4.21 Å². The summed E-state index contributed by atoms with van der Waals surface area (Å²) in [4.78, 5) is 0. The maximum atomic E-state index is 12.3. The van der Waals surface area contributed by atoms with Crippen LogP contribution < -0.4 is 10.5 Å². The van der Waals surface area contributed by atoms with E-state index >= 15 is 0 Å². The summed E-state index contributed by atoms with van der Waals surface area (Å²) in [5.74, 6) is 0. The summed E-state index contributed by atoms with van der Waals surface area (Å²) in [7, 11) is -3.59. The molecule has 2 aromatic rings. The first-order valence-corrected chi connectivity index (χ1v) is 8.60. The summed E-state index contributed by atoms with van der Waals surface area (Å²) in [5, 5.41) is 1.72. The second-order valence-corrected chi connectivity index (χ2v) is 7.78. The molecule has 0 aliphatic rings. The molecule has 2 rings (SSSR count). The minimum Gasteiger partial charge on any atom is -0.398 e. The molecule has 1 aromatic carbocycles. The van der Waals surface area contributed by atoms with Crippen LogP contribution in [0.1, 0.15) is 11.1 Å². The number of benzene rings is 1. The Morgan fingerprint density at radius 3 is 2.53 bits per heavy atom. The van der Waals surface area contributed by atoms with Crippen LogP contribution in [0.15, 0.2) is 32.3 Å². The number of anilines is 2. The van der Waals surface area contributed by atoms with Crippen molar-refractivity contribution in [1.82, 2.24) is 0 Å². The van der Waals surface area contributed by atoms with Gasteiger partial charge >= 0.3 is 0 Å². The van der Waals surface area contributed by atoms with E-state index in [0.717, 1.165) is 22.5 Å². The van der Waals surface area contributed by atoms with Gasteiger partial charge in [0, 0.05) is 10.2 Å². The van der Waals surface area contributed by atoms with E-state index in [1.54, 1.807) is 30.5 Å². The van der Waals surface area contributed by atoms with Crippen LogP contribution in [0.5, 0.6) is 0 Å². The van der Waals surface area contributed by atoms with Crippen molar-refractivity contribution in [2.45, 2.75) is 18.1 Å². The van der Waals surface area contributed by atoms with Crippen molar-refractivity contribution in [1.29, 1.82) is 0 Å². The van der Waals surface area contributed by atoms with E-state index in [0.29, 0.717) is 15.8 Å². The van der Waals surface area contributed by atoms with Crippen molar-refractivity contribution < 1.29 is 8.42 Å². The number of sulfonamides is 1. The molecule has 0 amide bonds. The first-order chi connectivity index (χ1) is 8.83. The molecule has 0 saturated heterocycles. The first kappa shape index (κ1) is 14.4. The molecule has 102 valence electrons. The van der Waals surface area contributed by atoms with E-state index in [1.165, 1.54) is 0 Å². The van der Waals surface area contributed by atoms with Gasteiger partial charge in [0.1, 0.15) is 0 Å².